The number of aliphatic hydroxyl groups excluding tert-OH is 1. The molecule has 4 rings (SSSR count). The van der Waals surface area contributed by atoms with Crippen molar-refractivity contribution in [2.45, 2.75) is 11.0 Å². The molecule has 0 aliphatic rings. The molecule has 1 heterocycles. The summed E-state index contributed by atoms with van der Waals surface area (Å²) < 4.78 is 33.3. The number of nitro benzene ring substituents is 1. The molecule has 8 nitrogen and oxygen atoms in total. The number of methoxy groups -OCH3 is 1. The summed E-state index contributed by atoms with van der Waals surface area (Å²) in [5.41, 5.74) is -0.00743. The zero-order valence-corrected chi connectivity index (χ0v) is 17.2. The molecule has 158 valence electrons. The summed E-state index contributed by atoms with van der Waals surface area (Å²) in [5.74, 6) is 0.508. The molecule has 0 fully saturated rings. The van der Waals surface area contributed by atoms with Gasteiger partial charge in [0.2, 0.25) is 0 Å². The lowest BCUT2D eigenvalue weighted by Gasteiger charge is -2.16. The summed E-state index contributed by atoms with van der Waals surface area (Å²) in [4.78, 5) is 10.9. The number of fused-ring (bicyclic) bond motifs is 1. The molecule has 1 atom stereocenters. The highest BCUT2D eigenvalue weighted by Crippen LogP contribution is 2.36. The Morgan fingerprint density at radius 3 is 2.35 bits per heavy atom. The normalized spacial score (nSPS) is 12.6. The molecule has 0 aliphatic carbocycles. The predicted molar refractivity (Wildman–Crippen MR) is 115 cm³/mol. The Kier molecular flexibility index (Phi) is 5.22. The zero-order valence-electron chi connectivity index (χ0n) is 16.4. The molecule has 0 amide bonds. The van der Waals surface area contributed by atoms with Gasteiger partial charge in [-0.05, 0) is 42.5 Å². The first-order chi connectivity index (χ1) is 14.8. The van der Waals surface area contributed by atoms with E-state index in [4.69, 9.17) is 4.74 Å². The van der Waals surface area contributed by atoms with Crippen molar-refractivity contribution in [2.24, 2.45) is 0 Å². The third-order valence-corrected chi connectivity index (χ3v) is 6.74. The van der Waals surface area contributed by atoms with Gasteiger partial charge in [0.05, 0.1) is 33.7 Å². The lowest BCUT2D eigenvalue weighted by molar-refractivity contribution is -0.386. The number of hydrogen-bond donors (Lipinski definition) is 1. The van der Waals surface area contributed by atoms with Crippen LogP contribution in [0.5, 0.6) is 5.75 Å². The Balaban J connectivity index is 2.02. The maximum absolute atomic E-state index is 13.5. The average molecular weight is 438 g/mol. The van der Waals surface area contributed by atoms with Crippen molar-refractivity contribution < 1.29 is 23.2 Å². The number of hydrogen-bond acceptors (Lipinski definition) is 6. The molecule has 4 aromatic rings. The molecule has 0 spiro atoms. The van der Waals surface area contributed by atoms with Gasteiger partial charge in [-0.25, -0.2) is 12.4 Å². The summed E-state index contributed by atoms with van der Waals surface area (Å²) in [6, 6.07) is 19.8. The first-order valence-corrected chi connectivity index (χ1v) is 10.7. The molecule has 9 heteroatoms. The van der Waals surface area contributed by atoms with Crippen LogP contribution >= 0.6 is 0 Å². The lowest BCUT2D eigenvalue weighted by atomic mass is 10.0. The van der Waals surface area contributed by atoms with Gasteiger partial charge in [-0.15, -0.1) is 0 Å². The van der Waals surface area contributed by atoms with Gasteiger partial charge < -0.3 is 9.84 Å². The number of aliphatic hydroxyl groups is 1. The Bertz CT molecular complexity index is 1380. The van der Waals surface area contributed by atoms with Gasteiger partial charge in [0.1, 0.15) is 11.9 Å². The summed E-state index contributed by atoms with van der Waals surface area (Å²) in [5, 5.41) is 23.1. The Labute approximate surface area is 178 Å². The monoisotopic (exact) mass is 438 g/mol. The fraction of sp³-hybridized carbons (Fsp3) is 0.0909. The van der Waals surface area contributed by atoms with Gasteiger partial charge in [0, 0.05) is 11.5 Å². The van der Waals surface area contributed by atoms with Crippen molar-refractivity contribution in [3.63, 3.8) is 0 Å². The minimum Gasteiger partial charge on any atom is -0.497 e. The van der Waals surface area contributed by atoms with Crippen LogP contribution in [0.1, 0.15) is 17.4 Å². The SMILES string of the molecule is COc1ccc2c(c1)cc(C(O)c1ccccc1[N+](=O)[O-])n2S(=O)(=O)c1ccccc1. The number of para-hydroxylation sites is 1. The molecule has 0 saturated heterocycles. The summed E-state index contributed by atoms with van der Waals surface area (Å²) >= 11 is 0. The third kappa shape index (κ3) is 3.54. The van der Waals surface area contributed by atoms with E-state index in [-0.39, 0.29) is 21.8 Å². The minimum absolute atomic E-state index is 0.00761. The van der Waals surface area contributed by atoms with Crippen molar-refractivity contribution in [1.82, 2.24) is 3.97 Å². The van der Waals surface area contributed by atoms with Crippen LogP contribution in [-0.4, -0.2) is 29.5 Å². The molecular formula is C22H18N2O6S. The molecular weight excluding hydrogens is 420 g/mol. The summed E-state index contributed by atoms with van der Waals surface area (Å²) in [6.45, 7) is 0. The van der Waals surface area contributed by atoms with Crippen LogP contribution in [-0.2, 0) is 10.0 Å². The minimum atomic E-state index is -4.11. The molecule has 1 N–H and O–H groups in total. The van der Waals surface area contributed by atoms with E-state index in [1.807, 2.05) is 0 Å². The Morgan fingerprint density at radius 2 is 1.68 bits per heavy atom. The quantitative estimate of drug-likeness (QED) is 0.361. The lowest BCUT2D eigenvalue weighted by Crippen LogP contribution is -2.18. The topological polar surface area (TPSA) is 112 Å². The fourth-order valence-electron chi connectivity index (χ4n) is 3.52. The van der Waals surface area contributed by atoms with Crippen molar-refractivity contribution in [1.29, 1.82) is 0 Å². The van der Waals surface area contributed by atoms with Gasteiger partial charge in [-0.2, -0.15) is 0 Å². The largest absolute Gasteiger partial charge is 0.497 e. The molecule has 0 saturated carbocycles. The summed E-state index contributed by atoms with van der Waals surface area (Å²) in [7, 11) is -2.62. The van der Waals surface area contributed by atoms with Crippen LogP contribution in [0.3, 0.4) is 0 Å². The molecule has 0 radical (unpaired) electrons. The van der Waals surface area contributed by atoms with Crippen LogP contribution < -0.4 is 4.74 Å². The van der Waals surface area contributed by atoms with Crippen molar-refractivity contribution >= 4 is 26.6 Å². The van der Waals surface area contributed by atoms with Crippen LogP contribution in [0.4, 0.5) is 5.69 Å². The summed E-state index contributed by atoms with van der Waals surface area (Å²) in [6.07, 6.45) is -1.56. The highest BCUT2D eigenvalue weighted by molar-refractivity contribution is 7.90. The number of benzene rings is 3. The highest BCUT2D eigenvalue weighted by Gasteiger charge is 2.30. The van der Waals surface area contributed by atoms with E-state index in [9.17, 15) is 23.6 Å². The van der Waals surface area contributed by atoms with E-state index in [1.165, 1.54) is 43.5 Å². The van der Waals surface area contributed by atoms with E-state index in [0.717, 1.165) is 3.97 Å². The average Bonchev–Trinajstić information content (AvgIpc) is 3.18. The molecule has 1 unspecified atom stereocenters. The molecule has 0 aliphatic heterocycles. The zero-order chi connectivity index (χ0) is 22.2. The van der Waals surface area contributed by atoms with E-state index < -0.39 is 21.1 Å². The number of aromatic nitrogens is 1. The Morgan fingerprint density at radius 1 is 1.00 bits per heavy atom. The molecule has 3 aromatic carbocycles. The van der Waals surface area contributed by atoms with E-state index >= 15 is 0 Å². The van der Waals surface area contributed by atoms with E-state index in [1.54, 1.807) is 42.5 Å². The second-order valence-corrected chi connectivity index (χ2v) is 8.58. The highest BCUT2D eigenvalue weighted by atomic mass is 32.2. The fourth-order valence-corrected chi connectivity index (χ4v) is 5.08. The van der Waals surface area contributed by atoms with Crippen LogP contribution in [0.2, 0.25) is 0 Å². The van der Waals surface area contributed by atoms with Gasteiger partial charge in [-0.3, -0.25) is 10.1 Å². The second-order valence-electron chi connectivity index (χ2n) is 6.79. The standard InChI is InChI=1S/C22H18N2O6S/c1-30-16-11-12-19-15(13-16)14-21(22(25)18-9-5-6-10-20(18)24(26)27)23(19)31(28,29)17-7-3-2-4-8-17/h2-14,22,25H,1H3. The number of ether oxygens (including phenoxy) is 1. The van der Waals surface area contributed by atoms with Crippen LogP contribution in [0, 0.1) is 10.1 Å². The molecule has 1 aromatic heterocycles. The number of rotatable bonds is 6. The van der Waals surface area contributed by atoms with Crippen molar-refractivity contribution in [3.05, 3.63) is 100 Å². The molecule has 31 heavy (non-hydrogen) atoms. The van der Waals surface area contributed by atoms with Gasteiger partial charge in [0.25, 0.3) is 15.7 Å². The van der Waals surface area contributed by atoms with Crippen LogP contribution in [0.15, 0.2) is 83.8 Å². The van der Waals surface area contributed by atoms with Crippen molar-refractivity contribution in [2.75, 3.05) is 7.11 Å². The smallest absolute Gasteiger partial charge is 0.275 e. The van der Waals surface area contributed by atoms with Crippen molar-refractivity contribution in [3.8, 4) is 5.75 Å². The van der Waals surface area contributed by atoms with E-state index in [2.05, 4.69) is 0 Å². The number of nitrogens with zero attached hydrogens (tertiary/aromatic N) is 2. The number of nitro groups is 1. The van der Waals surface area contributed by atoms with Gasteiger partial charge >= 0.3 is 0 Å². The van der Waals surface area contributed by atoms with Gasteiger partial charge in [0.15, 0.2) is 0 Å². The second kappa shape index (κ2) is 7.86. The van der Waals surface area contributed by atoms with Gasteiger partial charge in [-0.1, -0.05) is 30.3 Å². The predicted octanol–water partition coefficient (Wildman–Crippen LogP) is 3.88. The van der Waals surface area contributed by atoms with Crippen LogP contribution in [0.25, 0.3) is 10.9 Å². The first-order valence-electron chi connectivity index (χ1n) is 9.26. The first kappa shape index (κ1) is 20.6. The third-order valence-electron chi connectivity index (χ3n) is 4.98. The maximum Gasteiger partial charge on any atom is 0.275 e. The molecule has 0 bridgehead atoms. The Hall–Kier alpha value is -3.69. The maximum atomic E-state index is 13.5. The van der Waals surface area contributed by atoms with E-state index in [0.29, 0.717) is 16.7 Å².